The SMILES string of the molecule is Cc1ccc(C(=O)NNC(=O)C2CCCC2O)s1. The number of rotatable bonds is 2. The van der Waals surface area contributed by atoms with E-state index < -0.39 is 12.0 Å². The molecule has 1 aromatic rings. The number of thiophene rings is 1. The van der Waals surface area contributed by atoms with Gasteiger partial charge in [0.25, 0.3) is 5.91 Å². The molecule has 1 heterocycles. The fourth-order valence-electron chi connectivity index (χ4n) is 2.08. The van der Waals surface area contributed by atoms with Crippen molar-refractivity contribution in [2.24, 2.45) is 5.92 Å². The molecule has 2 unspecified atom stereocenters. The molecule has 2 amide bonds. The van der Waals surface area contributed by atoms with Gasteiger partial charge in [-0.3, -0.25) is 20.4 Å². The van der Waals surface area contributed by atoms with E-state index in [1.807, 2.05) is 13.0 Å². The highest BCUT2D eigenvalue weighted by atomic mass is 32.1. The Morgan fingerprint density at radius 2 is 2.11 bits per heavy atom. The lowest BCUT2D eigenvalue weighted by Crippen LogP contribution is -2.45. The molecule has 3 N–H and O–H groups in total. The molecule has 0 radical (unpaired) electrons. The molecule has 2 atom stereocenters. The van der Waals surface area contributed by atoms with Crippen molar-refractivity contribution in [3.8, 4) is 0 Å². The Labute approximate surface area is 109 Å². The van der Waals surface area contributed by atoms with Crippen LogP contribution in [-0.4, -0.2) is 23.0 Å². The Balaban J connectivity index is 1.84. The molecule has 98 valence electrons. The van der Waals surface area contributed by atoms with Crippen molar-refractivity contribution in [2.45, 2.75) is 32.3 Å². The highest BCUT2D eigenvalue weighted by Crippen LogP contribution is 2.25. The van der Waals surface area contributed by atoms with Gasteiger partial charge >= 0.3 is 0 Å². The first kappa shape index (κ1) is 13.0. The highest BCUT2D eigenvalue weighted by Gasteiger charge is 2.31. The van der Waals surface area contributed by atoms with Gasteiger partial charge in [0.1, 0.15) is 0 Å². The summed E-state index contributed by atoms with van der Waals surface area (Å²) in [7, 11) is 0. The van der Waals surface area contributed by atoms with E-state index in [1.54, 1.807) is 6.07 Å². The summed E-state index contributed by atoms with van der Waals surface area (Å²) in [6.45, 7) is 1.91. The monoisotopic (exact) mass is 268 g/mol. The van der Waals surface area contributed by atoms with Crippen LogP contribution in [0.5, 0.6) is 0 Å². The van der Waals surface area contributed by atoms with Crippen LogP contribution in [0.3, 0.4) is 0 Å². The summed E-state index contributed by atoms with van der Waals surface area (Å²) in [6, 6.07) is 3.56. The minimum Gasteiger partial charge on any atom is -0.392 e. The molecule has 1 aromatic heterocycles. The molecule has 0 aromatic carbocycles. The lowest BCUT2D eigenvalue weighted by molar-refractivity contribution is -0.128. The number of hydrazine groups is 1. The van der Waals surface area contributed by atoms with Crippen LogP contribution in [0.1, 0.15) is 33.8 Å². The van der Waals surface area contributed by atoms with Crippen molar-refractivity contribution in [3.05, 3.63) is 21.9 Å². The van der Waals surface area contributed by atoms with Gasteiger partial charge in [-0.1, -0.05) is 0 Å². The zero-order valence-corrected chi connectivity index (χ0v) is 10.9. The molecular weight excluding hydrogens is 252 g/mol. The average molecular weight is 268 g/mol. The number of nitrogens with one attached hydrogen (secondary N) is 2. The molecule has 0 aliphatic heterocycles. The van der Waals surface area contributed by atoms with Crippen molar-refractivity contribution in [2.75, 3.05) is 0 Å². The zero-order chi connectivity index (χ0) is 13.1. The van der Waals surface area contributed by atoms with Crippen molar-refractivity contribution >= 4 is 23.2 Å². The highest BCUT2D eigenvalue weighted by molar-refractivity contribution is 7.13. The fraction of sp³-hybridized carbons (Fsp3) is 0.500. The number of carbonyl (C=O) groups excluding carboxylic acids is 2. The molecule has 1 aliphatic rings. The second kappa shape index (κ2) is 5.49. The van der Waals surface area contributed by atoms with E-state index in [0.29, 0.717) is 17.7 Å². The topological polar surface area (TPSA) is 78.4 Å². The maximum Gasteiger partial charge on any atom is 0.279 e. The van der Waals surface area contributed by atoms with Gasteiger partial charge in [0, 0.05) is 4.88 Å². The quantitative estimate of drug-likeness (QED) is 0.700. The summed E-state index contributed by atoms with van der Waals surface area (Å²) in [4.78, 5) is 25.0. The van der Waals surface area contributed by atoms with Crippen molar-refractivity contribution in [3.63, 3.8) is 0 Å². The predicted molar refractivity (Wildman–Crippen MR) is 68.0 cm³/mol. The fourth-order valence-corrected chi connectivity index (χ4v) is 2.84. The van der Waals surface area contributed by atoms with E-state index >= 15 is 0 Å². The number of amides is 2. The third kappa shape index (κ3) is 2.88. The Hall–Kier alpha value is -1.40. The normalized spacial score (nSPS) is 22.8. The second-order valence-electron chi connectivity index (χ2n) is 4.46. The molecule has 1 fully saturated rings. The van der Waals surface area contributed by atoms with Crippen LogP contribution in [0, 0.1) is 12.8 Å². The van der Waals surface area contributed by atoms with Crippen molar-refractivity contribution in [1.29, 1.82) is 0 Å². The first-order chi connectivity index (χ1) is 8.58. The van der Waals surface area contributed by atoms with E-state index in [0.717, 1.165) is 11.3 Å². The third-order valence-electron chi connectivity index (χ3n) is 3.08. The lowest BCUT2D eigenvalue weighted by Gasteiger charge is -2.14. The van der Waals surface area contributed by atoms with Crippen LogP contribution in [0.4, 0.5) is 0 Å². The Morgan fingerprint density at radius 3 is 2.67 bits per heavy atom. The molecule has 0 spiro atoms. The van der Waals surface area contributed by atoms with E-state index in [1.165, 1.54) is 11.3 Å². The van der Waals surface area contributed by atoms with Gasteiger partial charge in [0.2, 0.25) is 5.91 Å². The number of hydrogen-bond acceptors (Lipinski definition) is 4. The molecule has 6 heteroatoms. The maximum atomic E-state index is 11.7. The smallest absolute Gasteiger partial charge is 0.279 e. The molecule has 2 rings (SSSR count). The number of hydrogen-bond donors (Lipinski definition) is 3. The minimum atomic E-state index is -0.592. The first-order valence-corrected chi connectivity index (χ1v) is 6.74. The largest absolute Gasteiger partial charge is 0.392 e. The van der Waals surface area contributed by atoms with Gasteiger partial charge in [-0.2, -0.15) is 0 Å². The standard InChI is InChI=1S/C12H16N2O3S/c1-7-5-6-10(18-7)12(17)14-13-11(16)8-3-2-4-9(8)15/h5-6,8-9,15H,2-4H2,1H3,(H,13,16)(H,14,17). The van der Waals surface area contributed by atoms with Gasteiger partial charge in [-0.25, -0.2) is 0 Å². The van der Waals surface area contributed by atoms with Crippen molar-refractivity contribution in [1.82, 2.24) is 10.9 Å². The Bertz CT molecular complexity index is 458. The van der Waals surface area contributed by atoms with Crippen LogP contribution in [0.2, 0.25) is 0 Å². The van der Waals surface area contributed by atoms with E-state index in [9.17, 15) is 14.7 Å². The molecule has 1 aliphatic carbocycles. The molecule has 0 saturated heterocycles. The average Bonchev–Trinajstić information content (AvgIpc) is 2.94. The van der Waals surface area contributed by atoms with Crippen LogP contribution in [-0.2, 0) is 4.79 Å². The summed E-state index contributed by atoms with van der Waals surface area (Å²) in [5.41, 5.74) is 4.74. The zero-order valence-electron chi connectivity index (χ0n) is 10.1. The van der Waals surface area contributed by atoms with E-state index in [2.05, 4.69) is 10.9 Å². The molecule has 5 nitrogen and oxygen atoms in total. The molecule has 0 bridgehead atoms. The van der Waals surface area contributed by atoms with Gasteiger partial charge in [0.15, 0.2) is 0 Å². The third-order valence-corrected chi connectivity index (χ3v) is 4.08. The predicted octanol–water partition coefficient (Wildman–Crippen LogP) is 0.979. The lowest BCUT2D eigenvalue weighted by atomic mass is 10.1. The molecular formula is C12H16N2O3S. The number of aliphatic hydroxyl groups excluding tert-OH is 1. The molecule has 1 saturated carbocycles. The minimum absolute atomic E-state index is 0.318. The van der Waals surface area contributed by atoms with Gasteiger partial charge in [0.05, 0.1) is 16.9 Å². The maximum absolute atomic E-state index is 11.7. The summed E-state index contributed by atoms with van der Waals surface area (Å²) in [6.07, 6.45) is 1.57. The summed E-state index contributed by atoms with van der Waals surface area (Å²) in [5.74, 6) is -1.05. The number of aryl methyl sites for hydroxylation is 1. The summed E-state index contributed by atoms with van der Waals surface area (Å²) < 4.78 is 0. The van der Waals surface area contributed by atoms with Crippen LogP contribution < -0.4 is 10.9 Å². The Kier molecular flexibility index (Phi) is 3.98. The van der Waals surface area contributed by atoms with Gasteiger partial charge in [-0.15, -0.1) is 11.3 Å². The van der Waals surface area contributed by atoms with Gasteiger partial charge < -0.3 is 5.11 Å². The summed E-state index contributed by atoms with van der Waals surface area (Å²) >= 11 is 1.37. The number of carbonyl (C=O) groups is 2. The van der Waals surface area contributed by atoms with E-state index in [4.69, 9.17) is 0 Å². The Morgan fingerprint density at radius 1 is 1.33 bits per heavy atom. The number of aliphatic hydroxyl groups is 1. The van der Waals surface area contributed by atoms with Crippen LogP contribution >= 0.6 is 11.3 Å². The van der Waals surface area contributed by atoms with Crippen LogP contribution in [0.15, 0.2) is 12.1 Å². The van der Waals surface area contributed by atoms with Crippen molar-refractivity contribution < 1.29 is 14.7 Å². The molecule has 18 heavy (non-hydrogen) atoms. The van der Waals surface area contributed by atoms with Gasteiger partial charge in [-0.05, 0) is 38.3 Å². The van der Waals surface area contributed by atoms with E-state index in [-0.39, 0.29) is 11.8 Å². The second-order valence-corrected chi connectivity index (χ2v) is 5.75. The summed E-state index contributed by atoms with van der Waals surface area (Å²) in [5, 5.41) is 9.57. The first-order valence-electron chi connectivity index (χ1n) is 5.92. The van der Waals surface area contributed by atoms with Crippen LogP contribution in [0.25, 0.3) is 0 Å².